The molecule has 1 N–H and O–H groups in total. The molecular weight excluding hydrogens is 284 g/mol. The van der Waals surface area contributed by atoms with Gasteiger partial charge in [-0.05, 0) is 46.0 Å². The number of alkyl halides is 2. The van der Waals surface area contributed by atoms with Gasteiger partial charge in [0.25, 0.3) is 0 Å². The zero-order valence-electron chi connectivity index (χ0n) is 12.8. The van der Waals surface area contributed by atoms with Crippen molar-refractivity contribution in [1.82, 2.24) is 5.32 Å². The Kier molecular flexibility index (Phi) is 5.92. The summed E-state index contributed by atoms with van der Waals surface area (Å²) in [5, 5.41) is 2.40. The summed E-state index contributed by atoms with van der Waals surface area (Å²) >= 11 is 0. The van der Waals surface area contributed by atoms with Crippen LogP contribution in [0.15, 0.2) is 0 Å². The van der Waals surface area contributed by atoms with E-state index in [4.69, 9.17) is 4.74 Å². The standard InChI is InChI=1S/C14H23F2NO4/c1-14(2,3)21-13(19)17-11(12(18)20-4)7-8-5-9(15)10(16)6-8/h8-11H,5-7H2,1-4H3,(H,17,19)/t8-,9-,10+,11-/m0/s1. The van der Waals surface area contributed by atoms with Gasteiger partial charge in [-0.25, -0.2) is 18.4 Å². The first-order chi connectivity index (χ1) is 9.62. The maximum absolute atomic E-state index is 13.2. The second kappa shape index (κ2) is 7.04. The van der Waals surface area contributed by atoms with Crippen molar-refractivity contribution in [2.45, 2.75) is 64.0 Å². The van der Waals surface area contributed by atoms with Crippen molar-refractivity contribution in [3.63, 3.8) is 0 Å². The minimum atomic E-state index is -1.50. The Morgan fingerprint density at radius 1 is 1.24 bits per heavy atom. The lowest BCUT2D eigenvalue weighted by Gasteiger charge is -2.23. The molecular formula is C14H23F2NO4. The average Bonchev–Trinajstić information content (AvgIpc) is 2.64. The van der Waals surface area contributed by atoms with Crippen LogP contribution in [0.3, 0.4) is 0 Å². The Bertz CT molecular complexity index is 374. The molecule has 0 aromatic rings. The van der Waals surface area contributed by atoms with E-state index in [0.717, 1.165) is 0 Å². The molecule has 5 nitrogen and oxygen atoms in total. The Labute approximate surface area is 123 Å². The normalized spacial score (nSPS) is 27.0. The van der Waals surface area contributed by atoms with Crippen molar-refractivity contribution in [2.75, 3.05) is 7.11 Å². The number of alkyl carbamates (subject to hydrolysis) is 1. The number of nitrogens with one attached hydrogen (secondary N) is 1. The fraction of sp³-hybridized carbons (Fsp3) is 0.857. The number of hydrogen-bond donors (Lipinski definition) is 1. The molecule has 0 radical (unpaired) electrons. The van der Waals surface area contributed by atoms with E-state index in [1.54, 1.807) is 20.8 Å². The molecule has 1 rings (SSSR count). The van der Waals surface area contributed by atoms with Crippen LogP contribution in [0.25, 0.3) is 0 Å². The van der Waals surface area contributed by atoms with Crippen LogP contribution < -0.4 is 5.32 Å². The minimum Gasteiger partial charge on any atom is -0.467 e. The lowest BCUT2D eigenvalue weighted by Crippen LogP contribution is -2.44. The first-order valence-corrected chi connectivity index (χ1v) is 6.98. The number of carbonyl (C=O) groups is 2. The topological polar surface area (TPSA) is 64.6 Å². The van der Waals surface area contributed by atoms with E-state index in [1.165, 1.54) is 7.11 Å². The average molecular weight is 307 g/mol. The summed E-state index contributed by atoms with van der Waals surface area (Å²) < 4.78 is 36.0. The molecule has 21 heavy (non-hydrogen) atoms. The highest BCUT2D eigenvalue weighted by atomic mass is 19.2. The molecule has 0 spiro atoms. The zero-order chi connectivity index (χ0) is 16.2. The van der Waals surface area contributed by atoms with Crippen molar-refractivity contribution < 1.29 is 27.8 Å². The van der Waals surface area contributed by atoms with Gasteiger partial charge in [0.15, 0.2) is 0 Å². The second-order valence-corrected chi connectivity index (χ2v) is 6.33. The zero-order valence-corrected chi connectivity index (χ0v) is 12.8. The van der Waals surface area contributed by atoms with Gasteiger partial charge < -0.3 is 14.8 Å². The number of hydrogen-bond acceptors (Lipinski definition) is 4. The number of esters is 1. The molecule has 0 bridgehead atoms. The second-order valence-electron chi connectivity index (χ2n) is 6.33. The molecule has 0 saturated heterocycles. The molecule has 122 valence electrons. The van der Waals surface area contributed by atoms with Gasteiger partial charge >= 0.3 is 12.1 Å². The van der Waals surface area contributed by atoms with Gasteiger partial charge in [-0.1, -0.05) is 0 Å². The highest BCUT2D eigenvalue weighted by Gasteiger charge is 2.37. The van der Waals surface area contributed by atoms with E-state index in [9.17, 15) is 18.4 Å². The van der Waals surface area contributed by atoms with Crippen LogP contribution >= 0.6 is 0 Å². The molecule has 1 saturated carbocycles. The summed E-state index contributed by atoms with van der Waals surface area (Å²) in [6, 6.07) is -0.965. The van der Waals surface area contributed by atoms with Crippen LogP contribution in [0.1, 0.15) is 40.0 Å². The summed E-state index contributed by atoms with van der Waals surface area (Å²) in [4.78, 5) is 23.4. The number of amides is 1. The van der Waals surface area contributed by atoms with Crippen molar-refractivity contribution in [3.8, 4) is 0 Å². The van der Waals surface area contributed by atoms with E-state index >= 15 is 0 Å². The Morgan fingerprint density at radius 3 is 2.19 bits per heavy atom. The smallest absolute Gasteiger partial charge is 0.408 e. The number of methoxy groups -OCH3 is 1. The molecule has 1 aliphatic carbocycles. The van der Waals surface area contributed by atoms with Gasteiger partial charge in [0.1, 0.15) is 24.0 Å². The predicted molar refractivity (Wildman–Crippen MR) is 72.3 cm³/mol. The molecule has 4 atom stereocenters. The van der Waals surface area contributed by atoms with Crippen LogP contribution in [0.5, 0.6) is 0 Å². The van der Waals surface area contributed by atoms with Crippen LogP contribution in [0, 0.1) is 5.92 Å². The van der Waals surface area contributed by atoms with Crippen molar-refractivity contribution in [1.29, 1.82) is 0 Å². The first-order valence-electron chi connectivity index (χ1n) is 6.98. The quantitative estimate of drug-likeness (QED) is 0.811. The molecule has 1 fully saturated rings. The van der Waals surface area contributed by atoms with Gasteiger partial charge in [-0.3, -0.25) is 0 Å². The number of halogens is 2. The SMILES string of the molecule is COC(=O)[C@H](C[C@@H]1C[C@@H](F)[C@@H](F)C1)NC(=O)OC(C)(C)C. The number of rotatable bonds is 4. The molecule has 0 aliphatic heterocycles. The monoisotopic (exact) mass is 307 g/mol. The highest BCUT2D eigenvalue weighted by molar-refractivity contribution is 5.81. The van der Waals surface area contributed by atoms with Gasteiger partial charge in [-0.15, -0.1) is 0 Å². The molecule has 0 heterocycles. The number of carbonyl (C=O) groups excluding carboxylic acids is 2. The lowest BCUT2D eigenvalue weighted by molar-refractivity contribution is -0.143. The summed E-state index contributed by atoms with van der Waals surface area (Å²) in [6.07, 6.45) is -3.55. The summed E-state index contributed by atoms with van der Waals surface area (Å²) in [7, 11) is 1.19. The van der Waals surface area contributed by atoms with E-state index in [2.05, 4.69) is 10.1 Å². The highest BCUT2D eigenvalue weighted by Crippen LogP contribution is 2.33. The van der Waals surface area contributed by atoms with Crippen molar-refractivity contribution in [3.05, 3.63) is 0 Å². The maximum atomic E-state index is 13.2. The largest absolute Gasteiger partial charge is 0.467 e. The summed E-state index contributed by atoms with van der Waals surface area (Å²) in [5.74, 6) is -0.965. The molecule has 0 unspecified atom stereocenters. The molecule has 0 aromatic heterocycles. The fourth-order valence-corrected chi connectivity index (χ4v) is 2.36. The van der Waals surface area contributed by atoms with Gasteiger partial charge in [0.2, 0.25) is 0 Å². The Hall–Kier alpha value is -1.40. The van der Waals surface area contributed by atoms with Crippen molar-refractivity contribution in [2.24, 2.45) is 5.92 Å². The molecule has 0 aromatic carbocycles. The van der Waals surface area contributed by atoms with E-state index in [-0.39, 0.29) is 25.2 Å². The first kappa shape index (κ1) is 17.7. The van der Waals surface area contributed by atoms with Crippen LogP contribution in [-0.2, 0) is 14.3 Å². The van der Waals surface area contributed by atoms with Gasteiger partial charge in [0.05, 0.1) is 7.11 Å². The third-order valence-electron chi connectivity index (χ3n) is 3.26. The van der Waals surface area contributed by atoms with E-state index in [1.807, 2.05) is 0 Å². The van der Waals surface area contributed by atoms with E-state index in [0.29, 0.717) is 0 Å². The lowest BCUT2D eigenvalue weighted by atomic mass is 9.98. The number of ether oxygens (including phenoxy) is 2. The molecule has 1 aliphatic rings. The summed E-state index contributed by atoms with van der Waals surface area (Å²) in [6.45, 7) is 5.08. The van der Waals surface area contributed by atoms with Gasteiger partial charge in [0, 0.05) is 0 Å². The molecule has 1 amide bonds. The van der Waals surface area contributed by atoms with Crippen LogP contribution in [0.2, 0.25) is 0 Å². The van der Waals surface area contributed by atoms with Crippen molar-refractivity contribution >= 4 is 12.1 Å². The van der Waals surface area contributed by atoms with Gasteiger partial charge in [-0.2, -0.15) is 0 Å². The Balaban J connectivity index is 2.60. The Morgan fingerprint density at radius 2 is 1.76 bits per heavy atom. The third kappa shape index (κ3) is 5.85. The van der Waals surface area contributed by atoms with Crippen LogP contribution in [0.4, 0.5) is 13.6 Å². The predicted octanol–water partition coefficient (Wildman–Crippen LogP) is 2.53. The summed E-state index contributed by atoms with van der Waals surface area (Å²) in [5.41, 5.74) is -0.702. The third-order valence-corrected chi connectivity index (χ3v) is 3.26. The van der Waals surface area contributed by atoms with Crippen LogP contribution in [-0.4, -0.2) is 43.2 Å². The molecule has 7 heteroatoms. The fourth-order valence-electron chi connectivity index (χ4n) is 2.36. The minimum absolute atomic E-state index is 0.0463. The van der Waals surface area contributed by atoms with E-state index < -0.39 is 36.0 Å². The maximum Gasteiger partial charge on any atom is 0.408 e.